The molecule has 0 saturated carbocycles. The normalized spacial score (nSPS) is 13.8. The van der Waals surface area contributed by atoms with Crippen molar-refractivity contribution in [2.45, 2.75) is 58.2 Å². The molecule has 0 radical (unpaired) electrons. The number of hydrogen-bond acceptors (Lipinski definition) is 6. The zero-order valence-corrected chi connectivity index (χ0v) is 16.3. The first-order valence-corrected chi connectivity index (χ1v) is 8.92. The van der Waals surface area contributed by atoms with E-state index in [4.69, 9.17) is 21.1 Å². The molecule has 0 aromatic heterocycles. The summed E-state index contributed by atoms with van der Waals surface area (Å²) in [5.74, 6) is -2.62. The first-order valence-electron chi connectivity index (χ1n) is 8.92. The Bertz CT molecular complexity index is 649. The molecule has 9 nitrogen and oxygen atoms in total. The van der Waals surface area contributed by atoms with Gasteiger partial charge in [0.15, 0.2) is 0 Å². The van der Waals surface area contributed by atoms with Gasteiger partial charge in [0, 0.05) is 0 Å². The Morgan fingerprint density at radius 1 is 1.04 bits per heavy atom. The highest BCUT2D eigenvalue weighted by Crippen LogP contribution is 2.13. The molecule has 0 aliphatic rings. The SMILES string of the molecule is CC(C)CC(N)C(=O)O.C[C@@H](N[C@@H](CCc1cccc(O)c1)C(=O)O)C(=O)O. The van der Waals surface area contributed by atoms with Crippen molar-refractivity contribution in [1.29, 1.82) is 0 Å². The second-order valence-electron chi connectivity index (χ2n) is 6.90. The Hall–Kier alpha value is -2.65. The van der Waals surface area contributed by atoms with Crippen LogP contribution in [0.5, 0.6) is 5.75 Å². The lowest BCUT2D eigenvalue weighted by molar-refractivity contribution is -0.142. The number of carboxylic acids is 3. The summed E-state index contributed by atoms with van der Waals surface area (Å²) < 4.78 is 0. The summed E-state index contributed by atoms with van der Waals surface area (Å²) in [5, 5.41) is 37.9. The number of aromatic hydroxyl groups is 1. The molecule has 0 aliphatic heterocycles. The van der Waals surface area contributed by atoms with Crippen LogP contribution in [0, 0.1) is 5.92 Å². The molecule has 1 aromatic rings. The van der Waals surface area contributed by atoms with Gasteiger partial charge in [-0.1, -0.05) is 26.0 Å². The molecule has 0 heterocycles. The maximum absolute atomic E-state index is 11.0. The second kappa shape index (κ2) is 12.7. The van der Waals surface area contributed by atoms with E-state index in [0.717, 1.165) is 5.56 Å². The minimum atomic E-state index is -1.09. The number of nitrogens with two attached hydrogens (primary N) is 1. The lowest BCUT2D eigenvalue weighted by Gasteiger charge is -2.17. The predicted octanol–water partition coefficient (Wildman–Crippen LogP) is 1.29. The van der Waals surface area contributed by atoms with E-state index in [1.165, 1.54) is 13.0 Å². The van der Waals surface area contributed by atoms with Crippen molar-refractivity contribution in [3.63, 3.8) is 0 Å². The Balaban J connectivity index is 0.000000684. The van der Waals surface area contributed by atoms with E-state index in [2.05, 4.69) is 5.32 Å². The van der Waals surface area contributed by atoms with Gasteiger partial charge in [0.1, 0.15) is 23.9 Å². The summed E-state index contributed by atoms with van der Waals surface area (Å²) in [7, 11) is 0. The van der Waals surface area contributed by atoms with Crippen LogP contribution in [0.3, 0.4) is 0 Å². The van der Waals surface area contributed by atoms with Gasteiger partial charge < -0.3 is 26.2 Å². The Kier molecular flexibility index (Phi) is 11.5. The average molecular weight is 398 g/mol. The highest BCUT2D eigenvalue weighted by molar-refractivity contribution is 5.77. The van der Waals surface area contributed by atoms with Gasteiger partial charge >= 0.3 is 17.9 Å². The summed E-state index contributed by atoms with van der Waals surface area (Å²) >= 11 is 0. The minimum absolute atomic E-state index is 0.122. The van der Waals surface area contributed by atoms with E-state index in [9.17, 15) is 19.5 Å². The van der Waals surface area contributed by atoms with Crippen molar-refractivity contribution < 1.29 is 34.8 Å². The van der Waals surface area contributed by atoms with Crippen LogP contribution in [-0.2, 0) is 20.8 Å². The maximum Gasteiger partial charge on any atom is 0.320 e. The van der Waals surface area contributed by atoms with Gasteiger partial charge in [0.2, 0.25) is 0 Å². The topological polar surface area (TPSA) is 170 Å². The molecule has 9 heteroatoms. The average Bonchev–Trinajstić information content (AvgIpc) is 2.57. The lowest BCUT2D eigenvalue weighted by Crippen LogP contribution is -2.45. The molecule has 0 aliphatic carbocycles. The number of carbonyl (C=O) groups is 3. The summed E-state index contributed by atoms with van der Waals surface area (Å²) in [6.07, 6.45) is 1.23. The third-order valence-corrected chi connectivity index (χ3v) is 3.79. The summed E-state index contributed by atoms with van der Waals surface area (Å²) in [5.41, 5.74) is 6.02. The van der Waals surface area contributed by atoms with E-state index >= 15 is 0 Å². The highest BCUT2D eigenvalue weighted by Gasteiger charge is 2.22. The van der Waals surface area contributed by atoms with Crippen molar-refractivity contribution in [2.75, 3.05) is 0 Å². The summed E-state index contributed by atoms with van der Waals surface area (Å²) in [4.78, 5) is 31.8. The molecule has 1 rings (SSSR count). The van der Waals surface area contributed by atoms with Gasteiger partial charge in [-0.2, -0.15) is 0 Å². The molecule has 3 atom stereocenters. The van der Waals surface area contributed by atoms with Gasteiger partial charge in [-0.15, -0.1) is 0 Å². The Morgan fingerprint density at radius 3 is 2.04 bits per heavy atom. The Labute approximate surface area is 164 Å². The predicted molar refractivity (Wildman–Crippen MR) is 103 cm³/mol. The van der Waals surface area contributed by atoms with Crippen LogP contribution in [0.2, 0.25) is 0 Å². The number of benzene rings is 1. The van der Waals surface area contributed by atoms with E-state index in [-0.39, 0.29) is 12.2 Å². The van der Waals surface area contributed by atoms with Crippen molar-refractivity contribution >= 4 is 17.9 Å². The standard InChI is InChI=1S/C13H17NO5.C6H13NO2/c1-8(12(16)17)14-11(13(18)19)6-5-9-3-2-4-10(15)7-9;1-4(2)3-5(7)6(8)9/h2-4,7-8,11,14-15H,5-6H2,1H3,(H,16,17)(H,18,19);4-5H,3,7H2,1-2H3,(H,8,9)/t8-,11+;/m1./s1. The van der Waals surface area contributed by atoms with E-state index < -0.39 is 36.0 Å². The number of aryl methyl sites for hydroxylation is 1. The molecule has 0 bridgehead atoms. The number of hydrogen-bond donors (Lipinski definition) is 6. The lowest BCUT2D eigenvalue weighted by atomic mass is 10.0. The first kappa shape index (κ1) is 25.4. The molecule has 0 fully saturated rings. The monoisotopic (exact) mass is 398 g/mol. The van der Waals surface area contributed by atoms with Crippen LogP contribution in [0.4, 0.5) is 0 Å². The molecule has 1 unspecified atom stereocenters. The van der Waals surface area contributed by atoms with Gasteiger partial charge in [-0.25, -0.2) is 0 Å². The zero-order valence-electron chi connectivity index (χ0n) is 16.3. The van der Waals surface area contributed by atoms with Crippen LogP contribution in [0.15, 0.2) is 24.3 Å². The Morgan fingerprint density at radius 2 is 1.64 bits per heavy atom. The fourth-order valence-electron chi connectivity index (χ4n) is 2.28. The van der Waals surface area contributed by atoms with Gasteiger partial charge in [0.25, 0.3) is 0 Å². The number of aliphatic carboxylic acids is 3. The molecule has 28 heavy (non-hydrogen) atoms. The number of phenolic OH excluding ortho intramolecular Hbond substituents is 1. The van der Waals surface area contributed by atoms with Gasteiger partial charge in [0.05, 0.1) is 0 Å². The third-order valence-electron chi connectivity index (χ3n) is 3.79. The number of rotatable bonds is 10. The molecular weight excluding hydrogens is 368 g/mol. The quantitative estimate of drug-likeness (QED) is 0.340. The van der Waals surface area contributed by atoms with Gasteiger partial charge in [-0.3, -0.25) is 19.7 Å². The largest absolute Gasteiger partial charge is 0.508 e. The van der Waals surface area contributed by atoms with E-state index in [0.29, 0.717) is 18.8 Å². The molecule has 7 N–H and O–H groups in total. The first-order chi connectivity index (χ1) is 12.9. The molecule has 0 saturated heterocycles. The fourth-order valence-corrected chi connectivity index (χ4v) is 2.28. The number of phenols is 1. The minimum Gasteiger partial charge on any atom is -0.508 e. The van der Waals surface area contributed by atoms with Crippen LogP contribution < -0.4 is 11.1 Å². The number of carboxylic acid groups (broad SMARTS) is 3. The van der Waals surface area contributed by atoms with Gasteiger partial charge in [-0.05, 0) is 49.8 Å². The van der Waals surface area contributed by atoms with Crippen LogP contribution in [-0.4, -0.2) is 56.5 Å². The molecule has 1 aromatic carbocycles. The van der Waals surface area contributed by atoms with E-state index in [1.54, 1.807) is 18.2 Å². The van der Waals surface area contributed by atoms with Crippen molar-refractivity contribution in [3.05, 3.63) is 29.8 Å². The van der Waals surface area contributed by atoms with Crippen LogP contribution >= 0.6 is 0 Å². The van der Waals surface area contributed by atoms with Crippen molar-refractivity contribution in [2.24, 2.45) is 11.7 Å². The summed E-state index contributed by atoms with van der Waals surface area (Å²) in [6.45, 7) is 5.29. The van der Waals surface area contributed by atoms with Crippen LogP contribution in [0.25, 0.3) is 0 Å². The number of nitrogens with one attached hydrogen (secondary N) is 1. The fraction of sp³-hybridized carbons (Fsp3) is 0.526. The molecule has 158 valence electrons. The highest BCUT2D eigenvalue weighted by atomic mass is 16.4. The summed E-state index contributed by atoms with van der Waals surface area (Å²) in [6, 6.07) is 3.99. The van der Waals surface area contributed by atoms with E-state index in [1.807, 2.05) is 13.8 Å². The van der Waals surface area contributed by atoms with Crippen LogP contribution in [0.1, 0.15) is 39.2 Å². The zero-order chi connectivity index (χ0) is 21.9. The molecular formula is C19H30N2O7. The van der Waals surface area contributed by atoms with Crippen molar-refractivity contribution in [3.8, 4) is 5.75 Å². The van der Waals surface area contributed by atoms with Crippen molar-refractivity contribution in [1.82, 2.24) is 5.32 Å². The molecule has 0 spiro atoms. The smallest absolute Gasteiger partial charge is 0.320 e. The molecule has 0 amide bonds. The third kappa shape index (κ3) is 11.1. The maximum atomic E-state index is 11.0. The second-order valence-corrected chi connectivity index (χ2v) is 6.90.